The van der Waals surface area contributed by atoms with Crippen molar-refractivity contribution in [3.8, 4) is 11.5 Å². The average Bonchev–Trinajstić information content (AvgIpc) is 3.00. The highest BCUT2D eigenvalue weighted by atomic mass is 79.9. The predicted octanol–water partition coefficient (Wildman–Crippen LogP) is 5.20. The van der Waals surface area contributed by atoms with Gasteiger partial charge in [0.2, 0.25) is 0 Å². The largest absolute Gasteiger partial charge is 0.493 e. The maximum absolute atomic E-state index is 5.32. The monoisotopic (exact) mass is 402 g/mol. The van der Waals surface area contributed by atoms with E-state index < -0.39 is 0 Å². The third kappa shape index (κ3) is 3.83. The summed E-state index contributed by atoms with van der Waals surface area (Å²) in [4.78, 5) is 8.78. The topological polar surface area (TPSA) is 44.2 Å². The summed E-state index contributed by atoms with van der Waals surface area (Å²) in [6.45, 7) is 0. The number of benzene rings is 1. The molecule has 3 aromatic rings. The summed E-state index contributed by atoms with van der Waals surface area (Å²) in [7, 11) is 3.26. The van der Waals surface area contributed by atoms with Gasteiger partial charge in [0, 0.05) is 18.3 Å². The summed E-state index contributed by atoms with van der Waals surface area (Å²) in [5, 5.41) is 0.930. The Morgan fingerprint density at radius 1 is 1.04 bits per heavy atom. The van der Waals surface area contributed by atoms with Gasteiger partial charge in [0.1, 0.15) is 9.61 Å². The molecule has 0 radical (unpaired) electrons. The van der Waals surface area contributed by atoms with Crippen molar-refractivity contribution >= 4 is 49.6 Å². The Balaban J connectivity index is 1.78. The molecule has 4 nitrogen and oxygen atoms in total. The van der Waals surface area contributed by atoms with Gasteiger partial charge in [-0.05, 0) is 33.6 Å². The Hall–Kier alpha value is -2.18. The van der Waals surface area contributed by atoms with Gasteiger partial charge in [-0.1, -0.05) is 24.3 Å². The number of nitrogens with zero attached hydrogens (tertiary/aromatic N) is 2. The van der Waals surface area contributed by atoms with Crippen LogP contribution in [-0.2, 0) is 0 Å². The van der Waals surface area contributed by atoms with Crippen LogP contribution in [0.1, 0.15) is 10.6 Å². The quantitative estimate of drug-likeness (QED) is 0.434. The fourth-order valence-corrected chi connectivity index (χ4v) is 3.26. The van der Waals surface area contributed by atoms with Gasteiger partial charge in [0.05, 0.1) is 24.4 Å². The molecule has 0 aliphatic rings. The Morgan fingerprint density at radius 3 is 2.50 bits per heavy atom. The second-order valence-electron chi connectivity index (χ2n) is 4.86. The van der Waals surface area contributed by atoms with Crippen molar-refractivity contribution in [2.75, 3.05) is 14.2 Å². The lowest BCUT2D eigenvalue weighted by Crippen LogP contribution is -1.89. The average molecular weight is 403 g/mol. The first-order valence-corrected chi connectivity index (χ1v) is 8.79. The molecule has 0 saturated heterocycles. The van der Waals surface area contributed by atoms with Gasteiger partial charge in [-0.25, -0.2) is 9.97 Å². The Bertz CT molecular complexity index is 860. The van der Waals surface area contributed by atoms with Gasteiger partial charge in [0.15, 0.2) is 11.5 Å². The third-order valence-electron chi connectivity index (χ3n) is 3.30. The van der Waals surface area contributed by atoms with Crippen molar-refractivity contribution < 1.29 is 9.47 Å². The number of aromatic nitrogens is 2. The second kappa shape index (κ2) is 7.59. The number of pyridine rings is 1. The van der Waals surface area contributed by atoms with Gasteiger partial charge in [-0.2, -0.15) is 0 Å². The van der Waals surface area contributed by atoms with Crippen LogP contribution in [0.4, 0.5) is 0 Å². The molecule has 0 fully saturated rings. The zero-order chi connectivity index (χ0) is 16.9. The molecular weight excluding hydrogens is 388 g/mol. The van der Waals surface area contributed by atoms with Crippen molar-refractivity contribution in [2.24, 2.45) is 0 Å². The van der Waals surface area contributed by atoms with Crippen LogP contribution >= 0.6 is 27.3 Å². The maximum atomic E-state index is 5.32. The molecule has 0 atom stereocenters. The van der Waals surface area contributed by atoms with E-state index in [4.69, 9.17) is 9.47 Å². The van der Waals surface area contributed by atoms with Gasteiger partial charge < -0.3 is 9.47 Å². The van der Waals surface area contributed by atoms with E-state index in [0.717, 1.165) is 25.4 Å². The number of hydrogen-bond acceptors (Lipinski definition) is 5. The van der Waals surface area contributed by atoms with E-state index in [0.29, 0.717) is 11.5 Å². The molecule has 3 rings (SSSR count). The number of allylic oxidation sites excluding steroid dienone is 2. The highest BCUT2D eigenvalue weighted by molar-refractivity contribution is 9.10. The number of methoxy groups -OCH3 is 2. The zero-order valence-electron chi connectivity index (χ0n) is 13.2. The molecule has 2 aromatic heterocycles. The highest BCUT2D eigenvalue weighted by Crippen LogP contribution is 2.34. The molecular formula is C18H15BrN2O2S. The summed E-state index contributed by atoms with van der Waals surface area (Å²) in [6.07, 6.45) is 9.72. The van der Waals surface area contributed by atoms with Crippen LogP contribution in [0.3, 0.4) is 0 Å². The summed E-state index contributed by atoms with van der Waals surface area (Å²) >= 11 is 4.93. The molecule has 1 aromatic carbocycles. The van der Waals surface area contributed by atoms with Crippen LogP contribution in [-0.4, -0.2) is 24.2 Å². The minimum atomic E-state index is 0.688. The molecule has 24 heavy (non-hydrogen) atoms. The molecule has 2 heterocycles. The van der Waals surface area contributed by atoms with Crippen molar-refractivity contribution in [1.29, 1.82) is 0 Å². The highest BCUT2D eigenvalue weighted by Gasteiger charge is 2.09. The Kier molecular flexibility index (Phi) is 5.27. The molecule has 6 heteroatoms. The first-order chi connectivity index (χ1) is 11.7. The Labute approximate surface area is 152 Å². The van der Waals surface area contributed by atoms with E-state index in [1.165, 1.54) is 0 Å². The number of fused-ring (bicyclic) bond motifs is 1. The number of halogens is 1. The lowest BCUT2D eigenvalue weighted by Gasteiger charge is -2.05. The first kappa shape index (κ1) is 16.7. The van der Waals surface area contributed by atoms with Crippen LogP contribution in [0.5, 0.6) is 11.5 Å². The number of ether oxygens (including phenoxy) is 2. The van der Waals surface area contributed by atoms with Crippen LogP contribution in [0, 0.1) is 0 Å². The lowest BCUT2D eigenvalue weighted by molar-refractivity contribution is 0.356. The maximum Gasteiger partial charge on any atom is 0.162 e. The first-order valence-electron chi connectivity index (χ1n) is 7.18. The summed E-state index contributed by atoms with van der Waals surface area (Å²) < 4.78 is 12.5. The van der Waals surface area contributed by atoms with Crippen molar-refractivity contribution in [3.63, 3.8) is 0 Å². The number of rotatable bonds is 5. The molecule has 0 aliphatic carbocycles. The van der Waals surface area contributed by atoms with Crippen LogP contribution in [0.25, 0.3) is 22.4 Å². The van der Waals surface area contributed by atoms with Crippen molar-refractivity contribution in [1.82, 2.24) is 9.97 Å². The normalized spacial score (nSPS) is 11.6. The summed E-state index contributed by atoms with van der Waals surface area (Å²) in [6, 6.07) is 7.76. The molecule has 0 saturated carbocycles. The van der Waals surface area contributed by atoms with Gasteiger partial charge in [-0.15, -0.1) is 11.3 Å². The van der Waals surface area contributed by atoms with E-state index in [-0.39, 0.29) is 0 Å². The lowest BCUT2D eigenvalue weighted by atomic mass is 10.2. The summed E-state index contributed by atoms with van der Waals surface area (Å²) in [5.41, 5.74) is 1.94. The van der Waals surface area contributed by atoms with E-state index in [2.05, 4.69) is 25.9 Å². The fourth-order valence-electron chi connectivity index (χ4n) is 2.13. The van der Waals surface area contributed by atoms with Crippen molar-refractivity contribution in [2.45, 2.75) is 0 Å². The van der Waals surface area contributed by atoms with Gasteiger partial charge in [-0.3, -0.25) is 0 Å². The van der Waals surface area contributed by atoms with E-state index >= 15 is 0 Å². The van der Waals surface area contributed by atoms with Gasteiger partial charge >= 0.3 is 0 Å². The molecule has 0 unspecified atom stereocenters. The predicted molar refractivity (Wildman–Crippen MR) is 103 cm³/mol. The molecule has 0 bridgehead atoms. The zero-order valence-corrected chi connectivity index (χ0v) is 15.6. The van der Waals surface area contributed by atoms with Crippen LogP contribution < -0.4 is 9.47 Å². The molecule has 122 valence electrons. The fraction of sp³-hybridized carbons (Fsp3) is 0.111. The van der Waals surface area contributed by atoms with Crippen molar-refractivity contribution in [3.05, 3.63) is 57.8 Å². The van der Waals surface area contributed by atoms with Crippen LogP contribution in [0.2, 0.25) is 0 Å². The minimum Gasteiger partial charge on any atom is -0.493 e. The minimum absolute atomic E-state index is 0.688. The van der Waals surface area contributed by atoms with E-state index in [1.807, 2.05) is 54.8 Å². The molecule has 0 N–H and O–H groups in total. The van der Waals surface area contributed by atoms with E-state index in [9.17, 15) is 0 Å². The van der Waals surface area contributed by atoms with Gasteiger partial charge in [0.25, 0.3) is 0 Å². The molecule has 0 aliphatic heterocycles. The third-order valence-corrected chi connectivity index (χ3v) is 4.75. The Morgan fingerprint density at radius 2 is 1.79 bits per heavy atom. The molecule has 0 spiro atoms. The second-order valence-corrected chi connectivity index (χ2v) is 6.73. The number of hydrogen-bond donors (Lipinski definition) is 0. The smallest absolute Gasteiger partial charge is 0.162 e. The van der Waals surface area contributed by atoms with E-state index in [1.54, 1.807) is 25.6 Å². The number of thiazole rings is 1. The SMILES string of the molecule is COc1cc2nc(C=CC=Cc3ccc(Br)nc3)sc2cc1OC. The van der Waals surface area contributed by atoms with Crippen LogP contribution in [0.15, 0.2) is 47.2 Å². The summed E-state index contributed by atoms with van der Waals surface area (Å²) in [5.74, 6) is 1.40. The standard InChI is InChI=1S/C18H15BrN2O2S/c1-22-14-9-13-16(10-15(14)23-2)24-18(21-13)6-4-3-5-12-7-8-17(19)20-11-12/h3-11H,1-2H3. The molecule has 0 amide bonds.